The summed E-state index contributed by atoms with van der Waals surface area (Å²) in [6, 6.07) is 14.5. The van der Waals surface area contributed by atoms with Gasteiger partial charge in [0.2, 0.25) is 6.41 Å². The number of carbonyl (C=O) groups excluding carboxylic acids is 1. The largest absolute Gasteiger partial charge is 0.492 e. The first-order chi connectivity index (χ1) is 13.3. The van der Waals surface area contributed by atoms with E-state index in [1.807, 2.05) is 38.1 Å². The van der Waals surface area contributed by atoms with Crippen molar-refractivity contribution in [2.45, 2.75) is 27.7 Å². The van der Waals surface area contributed by atoms with E-state index in [-0.39, 0.29) is 12.4 Å². The zero-order valence-corrected chi connectivity index (χ0v) is 18.8. The van der Waals surface area contributed by atoms with Gasteiger partial charge in [-0.25, -0.2) is 0 Å². The lowest BCUT2D eigenvalue weighted by Gasteiger charge is -2.15. The second kappa shape index (κ2) is 11.3. The van der Waals surface area contributed by atoms with Crippen molar-refractivity contribution < 1.29 is 9.53 Å². The monoisotopic (exact) mass is 415 g/mol. The van der Waals surface area contributed by atoms with Crippen LogP contribution in [0.4, 0.5) is 11.4 Å². The van der Waals surface area contributed by atoms with E-state index >= 15 is 0 Å². The van der Waals surface area contributed by atoms with Crippen molar-refractivity contribution in [1.29, 1.82) is 0 Å². The molecule has 0 aliphatic heterocycles. The lowest BCUT2D eigenvalue weighted by molar-refractivity contribution is -0.115. The smallest absolute Gasteiger partial charge is 0.209 e. The SMILES string of the molecule is CCOc1ccccc1Nc1cc(C)nc2c(C)cc(C)cc12.CN(C)C=O.Cl. The fourth-order valence-corrected chi connectivity index (χ4v) is 2.91. The van der Waals surface area contributed by atoms with Crippen LogP contribution in [0.1, 0.15) is 23.7 Å². The quantitative estimate of drug-likeness (QED) is 0.564. The Kier molecular flexibility index (Phi) is 9.42. The van der Waals surface area contributed by atoms with Gasteiger partial charge < -0.3 is 15.0 Å². The van der Waals surface area contributed by atoms with Crippen LogP contribution >= 0.6 is 12.4 Å². The van der Waals surface area contributed by atoms with Crippen LogP contribution in [0, 0.1) is 20.8 Å². The molecule has 0 saturated carbocycles. The number of benzene rings is 2. The zero-order valence-electron chi connectivity index (χ0n) is 17.9. The molecule has 6 heteroatoms. The summed E-state index contributed by atoms with van der Waals surface area (Å²) < 4.78 is 5.72. The zero-order chi connectivity index (χ0) is 20.7. The number of fused-ring (bicyclic) bond motifs is 1. The minimum absolute atomic E-state index is 0. The number of ether oxygens (including phenoxy) is 1. The minimum atomic E-state index is 0. The first kappa shape index (κ1) is 24.2. The molecule has 0 radical (unpaired) electrons. The molecular weight excluding hydrogens is 386 g/mol. The Morgan fingerprint density at radius 3 is 2.34 bits per heavy atom. The highest BCUT2D eigenvalue weighted by Crippen LogP contribution is 2.33. The number of aryl methyl sites for hydroxylation is 3. The lowest BCUT2D eigenvalue weighted by Crippen LogP contribution is -2.06. The Hall–Kier alpha value is -2.79. The molecule has 0 aliphatic carbocycles. The molecule has 29 heavy (non-hydrogen) atoms. The first-order valence-electron chi connectivity index (χ1n) is 9.34. The maximum atomic E-state index is 9.43. The Balaban J connectivity index is 0.000000628. The van der Waals surface area contributed by atoms with Gasteiger partial charge in [-0.2, -0.15) is 0 Å². The number of aromatic nitrogens is 1. The van der Waals surface area contributed by atoms with Gasteiger partial charge in [-0.05, 0) is 57.5 Å². The molecule has 0 aliphatic rings. The fourth-order valence-electron chi connectivity index (χ4n) is 2.91. The highest BCUT2D eigenvalue weighted by atomic mass is 35.5. The molecule has 156 valence electrons. The molecule has 0 bridgehead atoms. The summed E-state index contributed by atoms with van der Waals surface area (Å²) in [6.07, 6.45) is 0.750. The van der Waals surface area contributed by atoms with Crippen molar-refractivity contribution in [2.75, 3.05) is 26.0 Å². The molecule has 3 aromatic rings. The summed E-state index contributed by atoms with van der Waals surface area (Å²) >= 11 is 0. The maximum absolute atomic E-state index is 9.43. The normalized spacial score (nSPS) is 9.72. The van der Waals surface area contributed by atoms with Crippen molar-refractivity contribution in [3.63, 3.8) is 0 Å². The van der Waals surface area contributed by atoms with E-state index < -0.39 is 0 Å². The third kappa shape index (κ3) is 6.64. The molecule has 1 aromatic heterocycles. The van der Waals surface area contributed by atoms with Crippen molar-refractivity contribution in [2.24, 2.45) is 0 Å². The fraction of sp³-hybridized carbons (Fsp3) is 0.304. The van der Waals surface area contributed by atoms with Crippen molar-refractivity contribution in [3.8, 4) is 5.75 Å². The molecular formula is C23H30ClN3O2. The van der Waals surface area contributed by atoms with Gasteiger partial charge in [0, 0.05) is 30.9 Å². The number of hydrogen-bond acceptors (Lipinski definition) is 4. The third-order valence-corrected chi connectivity index (χ3v) is 4.04. The van der Waals surface area contributed by atoms with Crippen LogP contribution in [0.3, 0.4) is 0 Å². The van der Waals surface area contributed by atoms with E-state index in [0.29, 0.717) is 6.61 Å². The van der Waals surface area contributed by atoms with E-state index in [1.54, 1.807) is 14.1 Å². The Morgan fingerprint density at radius 1 is 1.07 bits per heavy atom. The number of nitrogens with one attached hydrogen (secondary N) is 1. The lowest BCUT2D eigenvalue weighted by atomic mass is 10.0. The molecule has 2 aromatic carbocycles. The van der Waals surface area contributed by atoms with E-state index in [0.717, 1.165) is 40.1 Å². The predicted octanol–water partition coefficient (Wildman–Crippen LogP) is 5.43. The molecule has 3 rings (SSSR count). The van der Waals surface area contributed by atoms with Crippen molar-refractivity contribution >= 4 is 41.1 Å². The number of carbonyl (C=O) groups is 1. The van der Waals surface area contributed by atoms with Crippen LogP contribution in [0.15, 0.2) is 42.5 Å². The second-order valence-electron chi connectivity index (χ2n) is 6.91. The predicted molar refractivity (Wildman–Crippen MR) is 124 cm³/mol. The Labute approximate surface area is 179 Å². The van der Waals surface area contributed by atoms with Crippen LogP contribution in [-0.2, 0) is 4.79 Å². The average molecular weight is 416 g/mol. The van der Waals surface area contributed by atoms with Gasteiger partial charge >= 0.3 is 0 Å². The van der Waals surface area contributed by atoms with Crippen molar-refractivity contribution in [3.05, 3.63) is 59.3 Å². The summed E-state index contributed by atoms with van der Waals surface area (Å²) in [5.41, 5.74) is 6.52. The van der Waals surface area contributed by atoms with Gasteiger partial charge in [-0.3, -0.25) is 9.78 Å². The number of pyridine rings is 1. The number of hydrogen-bond donors (Lipinski definition) is 1. The summed E-state index contributed by atoms with van der Waals surface area (Å²) in [4.78, 5) is 15.6. The highest BCUT2D eigenvalue weighted by Gasteiger charge is 2.10. The number of anilines is 2. The summed E-state index contributed by atoms with van der Waals surface area (Å²) in [7, 11) is 3.38. The van der Waals surface area contributed by atoms with Crippen LogP contribution in [0.25, 0.3) is 10.9 Å². The van der Waals surface area contributed by atoms with E-state index in [1.165, 1.54) is 16.0 Å². The summed E-state index contributed by atoms with van der Waals surface area (Å²) in [6.45, 7) is 8.89. The van der Waals surface area contributed by atoms with Crippen LogP contribution in [-0.4, -0.2) is 37.0 Å². The van der Waals surface area contributed by atoms with E-state index in [9.17, 15) is 4.79 Å². The molecule has 0 atom stereocenters. The Bertz CT molecular complexity index is 958. The van der Waals surface area contributed by atoms with Gasteiger partial charge in [0.25, 0.3) is 0 Å². The molecule has 0 saturated heterocycles. The molecule has 5 nitrogen and oxygen atoms in total. The Morgan fingerprint density at radius 2 is 1.72 bits per heavy atom. The summed E-state index contributed by atoms with van der Waals surface area (Å²) in [5.74, 6) is 0.863. The van der Waals surface area contributed by atoms with E-state index in [4.69, 9.17) is 9.72 Å². The molecule has 1 amide bonds. The van der Waals surface area contributed by atoms with Gasteiger partial charge in [0.05, 0.1) is 17.8 Å². The average Bonchev–Trinajstić information content (AvgIpc) is 2.65. The standard InChI is InChI=1S/C20H22N2O.C3H7NO.ClH/c1-5-23-19-9-7-6-8-17(19)22-18-12-15(4)21-20-14(3)10-13(2)11-16(18)20;1-4(2)3-5;/h6-12H,5H2,1-4H3,(H,21,22);3H,1-2H3;1H. The van der Waals surface area contributed by atoms with Gasteiger partial charge in [0.1, 0.15) is 5.75 Å². The van der Waals surface area contributed by atoms with Gasteiger partial charge in [-0.1, -0.05) is 23.8 Å². The van der Waals surface area contributed by atoms with Crippen LogP contribution in [0.2, 0.25) is 0 Å². The third-order valence-electron chi connectivity index (χ3n) is 4.04. The summed E-state index contributed by atoms with van der Waals surface area (Å²) in [5, 5.41) is 4.67. The maximum Gasteiger partial charge on any atom is 0.209 e. The molecule has 1 heterocycles. The first-order valence-corrected chi connectivity index (χ1v) is 9.34. The number of rotatable bonds is 5. The number of amides is 1. The number of nitrogens with zero attached hydrogens (tertiary/aromatic N) is 2. The highest BCUT2D eigenvalue weighted by molar-refractivity contribution is 5.95. The minimum Gasteiger partial charge on any atom is -0.492 e. The van der Waals surface area contributed by atoms with Crippen molar-refractivity contribution in [1.82, 2.24) is 9.88 Å². The van der Waals surface area contributed by atoms with Gasteiger partial charge in [-0.15, -0.1) is 12.4 Å². The molecule has 0 fully saturated rings. The van der Waals surface area contributed by atoms with E-state index in [2.05, 4.69) is 37.4 Å². The topological polar surface area (TPSA) is 54.5 Å². The number of para-hydroxylation sites is 2. The molecule has 0 spiro atoms. The number of halogens is 1. The van der Waals surface area contributed by atoms with Crippen LogP contribution in [0.5, 0.6) is 5.75 Å². The van der Waals surface area contributed by atoms with Gasteiger partial charge in [0.15, 0.2) is 0 Å². The second-order valence-corrected chi connectivity index (χ2v) is 6.91. The molecule has 0 unspecified atom stereocenters. The molecule has 1 N–H and O–H groups in total. The van der Waals surface area contributed by atoms with Crippen LogP contribution < -0.4 is 10.1 Å².